The highest BCUT2D eigenvalue weighted by molar-refractivity contribution is 5.68. The standard InChI is InChI=1S/C17H26F3N5O2/c1-16(2,3)27-15(26)24(4)12-7-8-25(10-12)14(17(18,19)20)11-5-6-13(23-21)22-9-11/h5-6,9,12,14H,7-8,10,21H2,1-4H3,(H,22,23)/t12?,14-/m0/s1. The molecule has 2 rings (SSSR count). The first-order valence-electron chi connectivity index (χ1n) is 8.61. The van der Waals surface area contributed by atoms with Crippen molar-refractivity contribution in [3.63, 3.8) is 0 Å². The third kappa shape index (κ3) is 5.46. The molecule has 10 heteroatoms. The number of anilines is 1. The van der Waals surface area contributed by atoms with E-state index in [0.29, 0.717) is 6.42 Å². The number of halogens is 3. The van der Waals surface area contributed by atoms with Gasteiger partial charge in [0.25, 0.3) is 0 Å². The monoisotopic (exact) mass is 389 g/mol. The number of carbonyl (C=O) groups excluding carboxylic acids is 1. The fourth-order valence-electron chi connectivity index (χ4n) is 3.06. The summed E-state index contributed by atoms with van der Waals surface area (Å²) < 4.78 is 46.5. The molecule has 1 amide bonds. The van der Waals surface area contributed by atoms with Crippen molar-refractivity contribution in [1.29, 1.82) is 0 Å². The Morgan fingerprint density at radius 1 is 1.41 bits per heavy atom. The lowest BCUT2D eigenvalue weighted by Gasteiger charge is -2.32. The molecule has 1 unspecified atom stereocenters. The number of nitrogen functional groups attached to an aromatic ring is 1. The van der Waals surface area contributed by atoms with E-state index in [1.807, 2.05) is 0 Å². The van der Waals surface area contributed by atoms with Gasteiger partial charge in [0, 0.05) is 32.4 Å². The molecule has 27 heavy (non-hydrogen) atoms. The van der Waals surface area contributed by atoms with Crippen LogP contribution in [0.4, 0.5) is 23.8 Å². The lowest BCUT2D eigenvalue weighted by atomic mass is 10.1. The van der Waals surface area contributed by atoms with Crippen LogP contribution >= 0.6 is 0 Å². The number of hydrazine groups is 1. The molecule has 1 aliphatic rings. The molecule has 0 bridgehead atoms. The van der Waals surface area contributed by atoms with Crippen LogP contribution in [-0.2, 0) is 4.74 Å². The molecule has 0 radical (unpaired) electrons. The van der Waals surface area contributed by atoms with Crippen molar-refractivity contribution in [2.75, 3.05) is 25.6 Å². The molecule has 0 aromatic carbocycles. The molecular formula is C17H26F3N5O2. The number of nitrogens with zero attached hydrogens (tertiary/aromatic N) is 3. The van der Waals surface area contributed by atoms with Crippen LogP contribution in [0.3, 0.4) is 0 Å². The fourth-order valence-corrected chi connectivity index (χ4v) is 3.06. The number of hydrogen-bond donors (Lipinski definition) is 2. The van der Waals surface area contributed by atoms with Gasteiger partial charge in [0.1, 0.15) is 17.5 Å². The van der Waals surface area contributed by atoms with Crippen LogP contribution < -0.4 is 11.3 Å². The number of hydrogen-bond acceptors (Lipinski definition) is 6. The molecule has 1 fully saturated rings. The summed E-state index contributed by atoms with van der Waals surface area (Å²) in [6, 6.07) is 0.594. The third-order valence-electron chi connectivity index (χ3n) is 4.35. The van der Waals surface area contributed by atoms with Gasteiger partial charge in [0.05, 0.1) is 0 Å². The minimum Gasteiger partial charge on any atom is -0.444 e. The Morgan fingerprint density at radius 3 is 2.56 bits per heavy atom. The average Bonchev–Trinajstić information content (AvgIpc) is 3.01. The summed E-state index contributed by atoms with van der Waals surface area (Å²) in [7, 11) is 1.55. The number of pyridine rings is 1. The Balaban J connectivity index is 2.14. The number of carbonyl (C=O) groups is 1. The fraction of sp³-hybridized carbons (Fsp3) is 0.647. The molecule has 2 heterocycles. The minimum absolute atomic E-state index is 0.0297. The molecule has 1 aromatic rings. The molecule has 7 nitrogen and oxygen atoms in total. The smallest absolute Gasteiger partial charge is 0.410 e. The van der Waals surface area contributed by atoms with E-state index in [9.17, 15) is 18.0 Å². The molecule has 0 spiro atoms. The molecule has 0 aliphatic carbocycles. The molecule has 1 aromatic heterocycles. The van der Waals surface area contributed by atoms with Crippen LogP contribution in [0.25, 0.3) is 0 Å². The summed E-state index contributed by atoms with van der Waals surface area (Å²) in [6.45, 7) is 5.53. The van der Waals surface area contributed by atoms with Gasteiger partial charge >= 0.3 is 12.3 Å². The van der Waals surface area contributed by atoms with Crippen LogP contribution in [-0.4, -0.2) is 58.8 Å². The van der Waals surface area contributed by atoms with Crippen LogP contribution in [0.2, 0.25) is 0 Å². The molecular weight excluding hydrogens is 363 g/mol. The molecule has 2 atom stereocenters. The number of likely N-dealkylation sites (tertiary alicyclic amines) is 1. The zero-order valence-corrected chi connectivity index (χ0v) is 15.9. The van der Waals surface area contributed by atoms with Crippen LogP contribution in [0.15, 0.2) is 18.3 Å². The van der Waals surface area contributed by atoms with Gasteiger partial charge in [-0.25, -0.2) is 15.6 Å². The number of aromatic nitrogens is 1. The molecule has 3 N–H and O–H groups in total. The topological polar surface area (TPSA) is 83.7 Å². The maximum Gasteiger partial charge on any atom is 0.410 e. The second-order valence-electron chi connectivity index (χ2n) is 7.59. The van der Waals surface area contributed by atoms with Crippen molar-refractivity contribution in [3.8, 4) is 0 Å². The predicted octanol–water partition coefficient (Wildman–Crippen LogP) is 2.91. The SMILES string of the molecule is CN(C(=O)OC(C)(C)C)C1CCN([C@@H](c2ccc(NN)nc2)C(F)(F)F)C1. The molecule has 152 valence electrons. The number of nitrogens with one attached hydrogen (secondary N) is 1. The summed E-state index contributed by atoms with van der Waals surface area (Å²) in [6.07, 6.45) is -3.42. The van der Waals surface area contributed by atoms with Crippen molar-refractivity contribution in [2.24, 2.45) is 5.84 Å². The number of alkyl halides is 3. The van der Waals surface area contributed by atoms with Crippen molar-refractivity contribution >= 4 is 11.9 Å². The minimum atomic E-state index is -4.47. The van der Waals surface area contributed by atoms with E-state index in [1.54, 1.807) is 27.8 Å². The van der Waals surface area contributed by atoms with Crippen LogP contribution in [0, 0.1) is 0 Å². The first kappa shape index (κ1) is 21.2. The Labute approximate surface area is 156 Å². The van der Waals surface area contributed by atoms with E-state index in [2.05, 4.69) is 10.4 Å². The van der Waals surface area contributed by atoms with Crippen molar-refractivity contribution in [2.45, 2.75) is 51.1 Å². The highest BCUT2D eigenvalue weighted by atomic mass is 19.4. The summed E-state index contributed by atoms with van der Waals surface area (Å²) in [5.74, 6) is 5.49. The number of ether oxygens (including phenoxy) is 1. The first-order valence-corrected chi connectivity index (χ1v) is 8.61. The van der Waals surface area contributed by atoms with E-state index in [1.165, 1.54) is 21.9 Å². The quantitative estimate of drug-likeness (QED) is 0.609. The van der Waals surface area contributed by atoms with Gasteiger partial charge in [-0.05, 0) is 38.8 Å². The summed E-state index contributed by atoms with van der Waals surface area (Å²) in [4.78, 5) is 18.8. The van der Waals surface area contributed by atoms with Gasteiger partial charge < -0.3 is 15.1 Å². The Hall–Kier alpha value is -2.07. The predicted molar refractivity (Wildman–Crippen MR) is 94.8 cm³/mol. The van der Waals surface area contributed by atoms with Crippen LogP contribution in [0.1, 0.15) is 38.8 Å². The molecule has 0 saturated carbocycles. The van der Waals surface area contributed by atoms with Crippen molar-refractivity contribution in [1.82, 2.24) is 14.8 Å². The number of nitrogens with two attached hydrogens (primary N) is 1. The Kier molecular flexibility index (Phi) is 6.21. The third-order valence-corrected chi connectivity index (χ3v) is 4.35. The van der Waals surface area contributed by atoms with Crippen molar-refractivity contribution < 1.29 is 22.7 Å². The number of likely N-dealkylation sites (N-methyl/N-ethyl adjacent to an activating group) is 1. The van der Waals surface area contributed by atoms with Gasteiger partial charge in [-0.3, -0.25) is 4.90 Å². The second-order valence-corrected chi connectivity index (χ2v) is 7.59. The van der Waals surface area contributed by atoms with Gasteiger partial charge in [0.15, 0.2) is 0 Å². The summed E-state index contributed by atoms with van der Waals surface area (Å²) in [5.41, 5.74) is 1.66. The lowest BCUT2D eigenvalue weighted by Crippen LogP contribution is -2.43. The Morgan fingerprint density at radius 2 is 2.07 bits per heavy atom. The average molecular weight is 389 g/mol. The molecule has 1 aliphatic heterocycles. The van der Waals surface area contributed by atoms with E-state index < -0.39 is 23.9 Å². The van der Waals surface area contributed by atoms with E-state index in [4.69, 9.17) is 10.6 Å². The summed E-state index contributed by atoms with van der Waals surface area (Å²) >= 11 is 0. The first-order chi connectivity index (χ1) is 12.4. The van der Waals surface area contributed by atoms with Crippen LogP contribution in [0.5, 0.6) is 0 Å². The zero-order valence-electron chi connectivity index (χ0n) is 15.9. The van der Waals surface area contributed by atoms with Gasteiger partial charge in [-0.2, -0.15) is 13.2 Å². The number of amides is 1. The lowest BCUT2D eigenvalue weighted by molar-refractivity contribution is -0.184. The van der Waals surface area contributed by atoms with Gasteiger partial charge in [-0.15, -0.1) is 0 Å². The maximum atomic E-state index is 13.7. The van der Waals surface area contributed by atoms with Crippen molar-refractivity contribution in [3.05, 3.63) is 23.9 Å². The molecule has 1 saturated heterocycles. The van der Waals surface area contributed by atoms with Gasteiger partial charge in [0.2, 0.25) is 0 Å². The highest BCUT2D eigenvalue weighted by Gasteiger charge is 2.47. The number of rotatable bonds is 4. The second kappa shape index (κ2) is 7.89. The van der Waals surface area contributed by atoms with E-state index >= 15 is 0 Å². The highest BCUT2D eigenvalue weighted by Crippen LogP contribution is 2.39. The van der Waals surface area contributed by atoms with E-state index in [0.717, 1.165) is 6.20 Å². The summed E-state index contributed by atoms with van der Waals surface area (Å²) in [5, 5.41) is 0. The maximum absolute atomic E-state index is 13.7. The van der Waals surface area contributed by atoms with E-state index in [-0.39, 0.29) is 30.5 Å². The Bertz CT molecular complexity index is 645. The zero-order chi connectivity index (χ0) is 20.4. The van der Waals surface area contributed by atoms with Gasteiger partial charge in [-0.1, -0.05) is 6.07 Å². The largest absolute Gasteiger partial charge is 0.444 e. The normalized spacial score (nSPS) is 19.6.